The van der Waals surface area contributed by atoms with Gasteiger partial charge in [0.05, 0.1) is 25.4 Å². The second-order valence-electron chi connectivity index (χ2n) is 12.3. The SMILES string of the molecule is O=C(O)CCCCCC(=O)NCc1ccccc1-c1ccc([C@H]2O[C@@H](CN3CCC[C@H]3CO)C[C@@H](c3ccc(CO)cc3)O2)cc1. The van der Waals surface area contributed by atoms with Crippen molar-refractivity contribution in [2.24, 2.45) is 0 Å². The molecule has 0 bridgehead atoms. The molecule has 46 heavy (non-hydrogen) atoms. The highest BCUT2D eigenvalue weighted by Gasteiger charge is 2.35. The standard InChI is InChI=1S/C37H46N2O7/c40-24-26-12-14-28(15-13-26)34-21-32(23-39-20-6-8-31(39)25-41)45-37(46-34)29-18-16-27(17-19-29)33-9-5-4-7-30(33)22-38-35(42)10-2-1-3-11-36(43)44/h4-5,7,9,12-19,31-32,34,37,40-41H,1-3,6,8,10-11,20-25H2,(H,38,42)(H,43,44)/t31-,32+,34-,37-/m0/s1. The van der Waals surface area contributed by atoms with Crippen LogP contribution in [0.15, 0.2) is 72.8 Å². The fourth-order valence-electron chi connectivity index (χ4n) is 6.43. The Morgan fingerprint density at radius 2 is 1.61 bits per heavy atom. The number of unbranched alkanes of at least 4 members (excludes halogenated alkanes) is 2. The summed E-state index contributed by atoms with van der Waals surface area (Å²) in [6.07, 6.45) is 4.45. The van der Waals surface area contributed by atoms with E-state index in [2.05, 4.69) is 22.3 Å². The molecule has 0 unspecified atom stereocenters. The number of carbonyl (C=O) groups excluding carboxylic acids is 1. The van der Waals surface area contributed by atoms with Crippen molar-refractivity contribution in [1.29, 1.82) is 0 Å². The van der Waals surface area contributed by atoms with Crippen molar-refractivity contribution < 1.29 is 34.4 Å². The molecule has 2 saturated heterocycles. The Balaban J connectivity index is 1.26. The molecule has 3 aromatic carbocycles. The fraction of sp³-hybridized carbons (Fsp3) is 0.459. The molecular formula is C37H46N2O7. The number of nitrogens with zero attached hydrogens (tertiary/aromatic N) is 1. The first kappa shape index (κ1) is 33.8. The summed E-state index contributed by atoms with van der Waals surface area (Å²) < 4.78 is 13.1. The van der Waals surface area contributed by atoms with Gasteiger partial charge in [-0.25, -0.2) is 0 Å². The molecule has 5 rings (SSSR count). The molecule has 3 aromatic rings. The molecule has 9 heteroatoms. The highest BCUT2D eigenvalue weighted by Crippen LogP contribution is 2.39. The van der Waals surface area contributed by atoms with Crippen LogP contribution in [0.25, 0.3) is 11.1 Å². The van der Waals surface area contributed by atoms with E-state index < -0.39 is 12.3 Å². The molecule has 0 aromatic heterocycles. The molecule has 0 spiro atoms. The summed E-state index contributed by atoms with van der Waals surface area (Å²) in [5.41, 5.74) is 5.88. The lowest BCUT2D eigenvalue weighted by atomic mass is 9.97. The quantitative estimate of drug-likeness (QED) is 0.162. The first-order valence-corrected chi connectivity index (χ1v) is 16.5. The largest absolute Gasteiger partial charge is 0.481 e. The number of carbonyl (C=O) groups is 2. The smallest absolute Gasteiger partial charge is 0.303 e. The van der Waals surface area contributed by atoms with Crippen molar-refractivity contribution in [3.05, 3.63) is 95.1 Å². The maximum atomic E-state index is 12.4. The molecule has 0 aliphatic carbocycles. The lowest BCUT2D eigenvalue weighted by Crippen LogP contribution is -2.42. The number of amides is 1. The first-order chi connectivity index (χ1) is 22.4. The van der Waals surface area contributed by atoms with Crippen molar-refractivity contribution in [2.45, 2.75) is 89.1 Å². The van der Waals surface area contributed by atoms with E-state index in [1.807, 2.05) is 60.7 Å². The number of carboxylic acid groups (broad SMARTS) is 1. The van der Waals surface area contributed by atoms with Crippen LogP contribution >= 0.6 is 0 Å². The monoisotopic (exact) mass is 630 g/mol. The summed E-state index contributed by atoms with van der Waals surface area (Å²) in [5.74, 6) is -0.845. The number of aliphatic hydroxyl groups is 2. The molecule has 4 atom stereocenters. The van der Waals surface area contributed by atoms with Crippen molar-refractivity contribution in [2.75, 3.05) is 19.7 Å². The molecule has 2 fully saturated rings. The average Bonchev–Trinajstić information content (AvgIpc) is 3.54. The minimum absolute atomic E-state index is 0.00426. The van der Waals surface area contributed by atoms with Crippen molar-refractivity contribution in [1.82, 2.24) is 10.2 Å². The average molecular weight is 631 g/mol. The highest BCUT2D eigenvalue weighted by atomic mass is 16.7. The number of nitrogens with one attached hydrogen (secondary N) is 1. The van der Waals surface area contributed by atoms with Gasteiger partial charge < -0.3 is 30.1 Å². The number of carboxylic acids is 1. The number of likely N-dealkylation sites (tertiary alicyclic amines) is 1. The Morgan fingerprint density at radius 3 is 2.35 bits per heavy atom. The van der Waals surface area contributed by atoms with Gasteiger partial charge in [0.25, 0.3) is 0 Å². The summed E-state index contributed by atoms with van der Waals surface area (Å²) in [4.78, 5) is 25.4. The van der Waals surface area contributed by atoms with Gasteiger partial charge in [-0.15, -0.1) is 0 Å². The van der Waals surface area contributed by atoms with Crippen molar-refractivity contribution in [3.8, 4) is 11.1 Å². The van der Waals surface area contributed by atoms with Crippen LogP contribution in [0, 0.1) is 0 Å². The van der Waals surface area contributed by atoms with Gasteiger partial charge in [-0.05, 0) is 60.0 Å². The van der Waals surface area contributed by atoms with E-state index in [0.29, 0.717) is 32.2 Å². The Morgan fingerprint density at radius 1 is 0.870 bits per heavy atom. The number of hydrogen-bond donors (Lipinski definition) is 4. The third-order valence-electron chi connectivity index (χ3n) is 9.04. The number of hydrogen-bond acceptors (Lipinski definition) is 7. The Bertz CT molecular complexity index is 1410. The number of rotatable bonds is 15. The molecule has 9 nitrogen and oxygen atoms in total. The van der Waals surface area contributed by atoms with E-state index in [1.165, 1.54) is 0 Å². The minimum atomic E-state index is -0.805. The highest BCUT2D eigenvalue weighted by molar-refractivity contribution is 5.76. The van der Waals surface area contributed by atoms with Crippen LogP contribution < -0.4 is 5.32 Å². The van der Waals surface area contributed by atoms with E-state index >= 15 is 0 Å². The van der Waals surface area contributed by atoms with Crippen LogP contribution in [0.5, 0.6) is 0 Å². The topological polar surface area (TPSA) is 129 Å². The molecule has 246 valence electrons. The van der Waals surface area contributed by atoms with Crippen molar-refractivity contribution >= 4 is 11.9 Å². The van der Waals surface area contributed by atoms with Crippen LogP contribution in [0.1, 0.15) is 86.0 Å². The lowest BCUT2D eigenvalue weighted by Gasteiger charge is -2.38. The number of aliphatic hydroxyl groups excluding tert-OH is 2. The number of benzene rings is 3. The molecular weight excluding hydrogens is 584 g/mol. The summed E-state index contributed by atoms with van der Waals surface area (Å²) in [7, 11) is 0. The zero-order valence-corrected chi connectivity index (χ0v) is 26.4. The van der Waals surface area contributed by atoms with Gasteiger partial charge in [0.2, 0.25) is 5.91 Å². The molecule has 2 aliphatic heterocycles. The summed E-state index contributed by atoms with van der Waals surface area (Å²) in [6.45, 7) is 2.24. The molecule has 1 amide bonds. The molecule has 2 aliphatic rings. The second kappa shape index (κ2) is 16.8. The van der Waals surface area contributed by atoms with Crippen molar-refractivity contribution in [3.63, 3.8) is 0 Å². The van der Waals surface area contributed by atoms with Crippen LogP contribution in [-0.2, 0) is 32.2 Å². The van der Waals surface area contributed by atoms with E-state index in [1.54, 1.807) is 0 Å². The lowest BCUT2D eigenvalue weighted by molar-refractivity contribution is -0.253. The Hall–Kier alpha value is -3.60. The maximum Gasteiger partial charge on any atom is 0.303 e. The van der Waals surface area contributed by atoms with Crippen LogP contribution in [0.4, 0.5) is 0 Å². The molecule has 0 saturated carbocycles. The normalized spacial score (nSPS) is 21.7. The summed E-state index contributed by atoms with van der Waals surface area (Å²) in [6, 6.07) is 24.2. The van der Waals surface area contributed by atoms with E-state index in [-0.39, 0.29) is 43.8 Å². The van der Waals surface area contributed by atoms with Gasteiger partial charge >= 0.3 is 5.97 Å². The number of aliphatic carboxylic acids is 1. The van der Waals surface area contributed by atoms with Gasteiger partial charge in [0.1, 0.15) is 0 Å². The Labute approximate surface area is 271 Å². The van der Waals surface area contributed by atoms with Gasteiger partial charge in [-0.2, -0.15) is 0 Å². The molecule has 4 N–H and O–H groups in total. The third-order valence-corrected chi connectivity index (χ3v) is 9.04. The van der Waals surface area contributed by atoms with Crippen LogP contribution in [-0.4, -0.2) is 63.9 Å². The predicted molar refractivity (Wildman–Crippen MR) is 175 cm³/mol. The fourth-order valence-corrected chi connectivity index (χ4v) is 6.43. The summed E-state index contributed by atoms with van der Waals surface area (Å²) >= 11 is 0. The predicted octanol–water partition coefficient (Wildman–Crippen LogP) is 5.50. The second-order valence-corrected chi connectivity index (χ2v) is 12.3. The van der Waals surface area contributed by atoms with Gasteiger partial charge in [0, 0.05) is 44.0 Å². The first-order valence-electron chi connectivity index (χ1n) is 16.5. The molecule has 0 radical (unpaired) electrons. The minimum Gasteiger partial charge on any atom is -0.481 e. The third kappa shape index (κ3) is 9.24. The Kier molecular flexibility index (Phi) is 12.3. The van der Waals surface area contributed by atoms with E-state index in [0.717, 1.165) is 65.7 Å². The zero-order valence-electron chi connectivity index (χ0n) is 26.4. The van der Waals surface area contributed by atoms with E-state index in [4.69, 9.17) is 14.6 Å². The van der Waals surface area contributed by atoms with Gasteiger partial charge in [0.15, 0.2) is 6.29 Å². The molecule has 2 heterocycles. The van der Waals surface area contributed by atoms with Gasteiger partial charge in [-0.3, -0.25) is 14.5 Å². The number of ether oxygens (including phenoxy) is 2. The van der Waals surface area contributed by atoms with Crippen LogP contribution in [0.3, 0.4) is 0 Å². The van der Waals surface area contributed by atoms with Crippen LogP contribution in [0.2, 0.25) is 0 Å². The maximum absolute atomic E-state index is 12.4. The summed E-state index contributed by atoms with van der Waals surface area (Å²) in [5, 5.41) is 31.2. The zero-order chi connectivity index (χ0) is 32.3. The van der Waals surface area contributed by atoms with E-state index in [9.17, 15) is 19.8 Å². The van der Waals surface area contributed by atoms with Gasteiger partial charge in [-0.1, -0.05) is 79.2 Å².